The van der Waals surface area contributed by atoms with E-state index in [4.69, 9.17) is 9.97 Å². The Kier molecular flexibility index (Phi) is 5.81. The van der Waals surface area contributed by atoms with Gasteiger partial charge in [0.2, 0.25) is 0 Å². The zero-order valence-electron chi connectivity index (χ0n) is 17.8. The molecule has 4 heterocycles. The lowest BCUT2D eigenvalue weighted by Crippen LogP contribution is -2.18. The summed E-state index contributed by atoms with van der Waals surface area (Å²) < 4.78 is 1.74. The Morgan fingerprint density at radius 3 is 2.43 bits per heavy atom. The van der Waals surface area contributed by atoms with Crippen LogP contribution in [0.2, 0.25) is 0 Å². The minimum atomic E-state index is 0.185. The number of fused-ring (bicyclic) bond motifs is 2. The molecule has 156 valence electrons. The molecule has 0 bridgehead atoms. The molecule has 1 saturated heterocycles. The molecule has 7 nitrogen and oxygen atoms in total. The third-order valence-electron chi connectivity index (χ3n) is 5.32. The maximum Gasteiger partial charge on any atom is 0.129 e. The smallest absolute Gasteiger partial charge is 0.129 e. The van der Waals surface area contributed by atoms with Crippen molar-refractivity contribution < 1.29 is 5.11 Å². The molecule has 4 aromatic rings. The molecule has 5 rings (SSSR count). The van der Waals surface area contributed by atoms with Gasteiger partial charge in [0.1, 0.15) is 11.6 Å². The summed E-state index contributed by atoms with van der Waals surface area (Å²) in [4.78, 5) is 11.8. The summed E-state index contributed by atoms with van der Waals surface area (Å²) in [5.74, 6) is 1.20. The number of pyridine rings is 2. The summed E-state index contributed by atoms with van der Waals surface area (Å²) in [6.07, 6.45) is 4.39. The van der Waals surface area contributed by atoms with E-state index in [1.54, 1.807) is 10.7 Å². The van der Waals surface area contributed by atoms with Crippen molar-refractivity contribution in [2.75, 3.05) is 31.6 Å². The molecule has 7 heteroatoms. The number of rotatable bonds is 3. The van der Waals surface area contributed by atoms with Gasteiger partial charge in [-0.3, -0.25) is 4.68 Å². The highest BCUT2D eigenvalue weighted by atomic mass is 16.3. The van der Waals surface area contributed by atoms with Crippen LogP contribution in [0.5, 0.6) is 5.75 Å². The van der Waals surface area contributed by atoms with E-state index < -0.39 is 0 Å². The topological polar surface area (TPSA) is 79.1 Å². The quantitative estimate of drug-likeness (QED) is 0.542. The van der Waals surface area contributed by atoms with Crippen molar-refractivity contribution in [3.8, 4) is 17.0 Å². The van der Waals surface area contributed by atoms with Crippen LogP contribution in [0.15, 0.2) is 42.6 Å². The van der Waals surface area contributed by atoms with Crippen LogP contribution in [-0.4, -0.2) is 51.5 Å². The molecule has 0 amide bonds. The van der Waals surface area contributed by atoms with Crippen LogP contribution >= 0.6 is 0 Å². The molecule has 3 aromatic heterocycles. The minimum absolute atomic E-state index is 0.185. The first-order valence-corrected chi connectivity index (χ1v) is 10.4. The minimum Gasteiger partial charge on any atom is -0.507 e. The number of benzene rings is 1. The monoisotopic (exact) mass is 404 g/mol. The molecule has 0 atom stereocenters. The van der Waals surface area contributed by atoms with Gasteiger partial charge < -0.3 is 15.3 Å². The van der Waals surface area contributed by atoms with Crippen LogP contribution < -0.4 is 10.2 Å². The SMILES string of the molecule is CCNC.Cn1cc2cc(-c3ccc4nc(N5CCCC5)ccc4n3)c(O)cc2n1. The summed E-state index contributed by atoms with van der Waals surface area (Å²) in [5, 5.41) is 18.7. The van der Waals surface area contributed by atoms with Crippen LogP contribution in [-0.2, 0) is 7.05 Å². The zero-order valence-corrected chi connectivity index (χ0v) is 17.8. The zero-order chi connectivity index (χ0) is 21.1. The van der Waals surface area contributed by atoms with Gasteiger partial charge in [-0.15, -0.1) is 0 Å². The van der Waals surface area contributed by atoms with Crippen molar-refractivity contribution >= 4 is 27.8 Å². The molecule has 1 aromatic carbocycles. The number of aromatic nitrogens is 4. The third-order valence-corrected chi connectivity index (χ3v) is 5.32. The third kappa shape index (κ3) is 4.07. The van der Waals surface area contributed by atoms with Gasteiger partial charge in [-0.2, -0.15) is 5.10 Å². The second-order valence-electron chi connectivity index (χ2n) is 7.54. The molecule has 0 spiro atoms. The van der Waals surface area contributed by atoms with Gasteiger partial charge in [-0.1, -0.05) is 6.92 Å². The number of aryl methyl sites for hydroxylation is 1. The number of phenols is 1. The van der Waals surface area contributed by atoms with Crippen LogP contribution in [0.1, 0.15) is 19.8 Å². The number of nitrogens with one attached hydrogen (secondary N) is 1. The molecular formula is C23H28N6O. The van der Waals surface area contributed by atoms with Gasteiger partial charge in [-0.05, 0) is 56.8 Å². The number of aromatic hydroxyl groups is 1. The number of hydrogen-bond donors (Lipinski definition) is 2. The molecule has 0 saturated carbocycles. The highest BCUT2D eigenvalue weighted by molar-refractivity contribution is 5.88. The van der Waals surface area contributed by atoms with Crippen LogP contribution in [0.3, 0.4) is 0 Å². The lowest BCUT2D eigenvalue weighted by Gasteiger charge is -2.16. The molecule has 30 heavy (non-hydrogen) atoms. The lowest BCUT2D eigenvalue weighted by atomic mass is 10.1. The molecule has 0 radical (unpaired) electrons. The van der Waals surface area contributed by atoms with Crippen LogP contribution in [0.4, 0.5) is 5.82 Å². The number of anilines is 1. The summed E-state index contributed by atoms with van der Waals surface area (Å²) in [5.41, 5.74) is 3.91. The molecule has 0 aliphatic carbocycles. The Balaban J connectivity index is 0.000000503. The Morgan fingerprint density at radius 1 is 1.00 bits per heavy atom. The first kappa shape index (κ1) is 20.1. The van der Waals surface area contributed by atoms with E-state index in [-0.39, 0.29) is 5.75 Å². The van der Waals surface area contributed by atoms with Gasteiger partial charge in [-0.25, -0.2) is 9.97 Å². The molecule has 1 fully saturated rings. The van der Waals surface area contributed by atoms with Gasteiger partial charge in [0.05, 0.1) is 22.2 Å². The van der Waals surface area contributed by atoms with Crippen molar-refractivity contribution in [3.05, 3.63) is 42.6 Å². The standard InChI is InChI=1S/C20H19N5O.C3H9N/c1-24-12-13-10-14(19(26)11-18(13)23-24)15-4-5-17-16(21-15)6-7-20(22-17)25-8-2-3-9-25;1-3-4-2/h4-7,10-12,26H,2-3,8-9H2,1H3;4H,3H2,1-2H3. The highest BCUT2D eigenvalue weighted by Gasteiger charge is 2.15. The van der Waals surface area contributed by atoms with Crippen molar-refractivity contribution in [2.45, 2.75) is 19.8 Å². The van der Waals surface area contributed by atoms with E-state index in [0.29, 0.717) is 5.56 Å². The van der Waals surface area contributed by atoms with Gasteiger partial charge in [0.25, 0.3) is 0 Å². The van der Waals surface area contributed by atoms with E-state index in [1.165, 1.54) is 12.8 Å². The summed E-state index contributed by atoms with van der Waals surface area (Å²) in [7, 11) is 3.80. The van der Waals surface area contributed by atoms with Crippen molar-refractivity contribution in [3.63, 3.8) is 0 Å². The first-order chi connectivity index (χ1) is 14.6. The lowest BCUT2D eigenvalue weighted by molar-refractivity contribution is 0.478. The number of phenolic OH excluding ortho intramolecular Hbond substituents is 1. The summed E-state index contributed by atoms with van der Waals surface area (Å²) >= 11 is 0. The van der Waals surface area contributed by atoms with E-state index in [9.17, 15) is 5.11 Å². The van der Waals surface area contributed by atoms with Crippen molar-refractivity contribution in [2.24, 2.45) is 7.05 Å². The Morgan fingerprint density at radius 2 is 1.70 bits per heavy atom. The average molecular weight is 405 g/mol. The van der Waals surface area contributed by atoms with E-state index in [1.807, 2.05) is 50.6 Å². The van der Waals surface area contributed by atoms with Gasteiger partial charge in [0, 0.05) is 43.4 Å². The average Bonchev–Trinajstić information content (AvgIpc) is 3.41. The largest absolute Gasteiger partial charge is 0.507 e. The van der Waals surface area contributed by atoms with Gasteiger partial charge in [0.15, 0.2) is 0 Å². The maximum atomic E-state index is 10.4. The molecular weight excluding hydrogens is 376 g/mol. The predicted molar refractivity (Wildman–Crippen MR) is 122 cm³/mol. The van der Waals surface area contributed by atoms with Crippen molar-refractivity contribution in [1.29, 1.82) is 0 Å². The summed E-state index contributed by atoms with van der Waals surface area (Å²) in [6, 6.07) is 11.6. The predicted octanol–water partition coefficient (Wildman–Crippen LogP) is 3.72. The van der Waals surface area contributed by atoms with Crippen LogP contribution in [0, 0.1) is 0 Å². The maximum absolute atomic E-state index is 10.4. The highest BCUT2D eigenvalue weighted by Crippen LogP contribution is 2.33. The van der Waals surface area contributed by atoms with Crippen molar-refractivity contribution in [1.82, 2.24) is 25.1 Å². The van der Waals surface area contributed by atoms with E-state index >= 15 is 0 Å². The normalized spacial score (nSPS) is 13.6. The second kappa shape index (κ2) is 8.67. The Hall–Kier alpha value is -3.19. The molecule has 1 aliphatic heterocycles. The first-order valence-electron chi connectivity index (χ1n) is 10.4. The fraction of sp³-hybridized carbons (Fsp3) is 0.348. The second-order valence-corrected chi connectivity index (χ2v) is 7.54. The molecule has 2 N–H and O–H groups in total. The fourth-order valence-electron chi connectivity index (χ4n) is 3.66. The molecule has 0 unspecified atom stereocenters. The number of hydrogen-bond acceptors (Lipinski definition) is 6. The van der Waals surface area contributed by atoms with Crippen LogP contribution in [0.25, 0.3) is 33.2 Å². The summed E-state index contributed by atoms with van der Waals surface area (Å²) in [6.45, 7) is 5.28. The molecule has 1 aliphatic rings. The number of nitrogens with zero attached hydrogens (tertiary/aromatic N) is 5. The Bertz CT molecular complexity index is 1160. The van der Waals surface area contributed by atoms with E-state index in [2.05, 4.69) is 22.2 Å². The van der Waals surface area contributed by atoms with E-state index in [0.717, 1.165) is 53.1 Å². The Labute approximate surface area is 176 Å². The fourth-order valence-corrected chi connectivity index (χ4v) is 3.66. The van der Waals surface area contributed by atoms with Gasteiger partial charge >= 0.3 is 0 Å².